The van der Waals surface area contributed by atoms with Crippen LogP contribution >= 0.6 is 0 Å². The molecule has 1 atom stereocenters. The third-order valence-corrected chi connectivity index (χ3v) is 15.7. The minimum absolute atomic E-state index is 0. The van der Waals surface area contributed by atoms with E-state index in [0.29, 0.717) is 0 Å². The first-order chi connectivity index (χ1) is 15.2. The number of benzene rings is 3. The maximum Gasteiger partial charge on any atom is -1.00 e. The van der Waals surface area contributed by atoms with Crippen molar-refractivity contribution in [2.45, 2.75) is 53.5 Å². The van der Waals surface area contributed by atoms with Crippen LogP contribution in [-0.4, -0.2) is 8.07 Å². The van der Waals surface area contributed by atoms with Crippen molar-refractivity contribution in [3.05, 3.63) is 110 Å². The van der Waals surface area contributed by atoms with Crippen LogP contribution in [0.1, 0.15) is 44.4 Å². The van der Waals surface area contributed by atoms with Gasteiger partial charge in [-0.3, -0.25) is 0 Å². The van der Waals surface area contributed by atoms with E-state index in [1.165, 1.54) is 52.8 Å². The molecule has 0 bridgehead atoms. The zero-order valence-corrected chi connectivity index (χ0v) is 26.4. The molecule has 182 valence electrons. The zero-order chi connectivity index (χ0) is 23.3. The fraction of sp³-hybridized carbons (Fsp3) is 0.267. The zero-order valence-electron chi connectivity index (χ0n) is 21.6. The second-order valence-corrected chi connectivity index (χ2v) is 14.6. The van der Waals surface area contributed by atoms with Gasteiger partial charge in [-0.15, -0.1) is 0 Å². The van der Waals surface area contributed by atoms with E-state index in [1.54, 1.807) is 0 Å². The van der Waals surface area contributed by atoms with E-state index in [9.17, 15) is 0 Å². The molecule has 0 radical (unpaired) electrons. The summed E-state index contributed by atoms with van der Waals surface area (Å²) in [5.41, 5.74) is 8.65. The molecule has 0 aliphatic heterocycles. The maximum absolute atomic E-state index is 2.54. The number of halogens is 3. The van der Waals surface area contributed by atoms with E-state index in [1.807, 2.05) is 0 Å². The number of allylic oxidation sites excluding steroid dienone is 4. The number of hydrogen-bond donors (Lipinski definition) is 0. The Morgan fingerprint density at radius 2 is 1.00 bits per heavy atom. The summed E-state index contributed by atoms with van der Waals surface area (Å²) >= 11 is 2.39. The van der Waals surface area contributed by atoms with Crippen LogP contribution in [0, 0.1) is 20.8 Å². The molecule has 1 aliphatic carbocycles. The van der Waals surface area contributed by atoms with Crippen LogP contribution in [-0.2, 0) is 20.4 Å². The first-order valence-electron chi connectivity index (χ1n) is 11.5. The number of aryl methyl sites for hydroxylation is 2. The minimum atomic E-state index is -2.53. The van der Waals surface area contributed by atoms with Crippen molar-refractivity contribution < 1.29 is 57.7 Å². The van der Waals surface area contributed by atoms with Crippen molar-refractivity contribution in [3.8, 4) is 0 Å². The third kappa shape index (κ3) is 4.70. The third-order valence-electron chi connectivity index (χ3n) is 8.27. The van der Waals surface area contributed by atoms with Gasteiger partial charge < -0.3 is 37.2 Å². The summed E-state index contributed by atoms with van der Waals surface area (Å²) in [6.45, 7) is 16.4. The van der Waals surface area contributed by atoms with Gasteiger partial charge in [0, 0.05) is 0 Å². The Hall–Kier alpha value is -1.06. The molecule has 1 aliphatic rings. The molecular weight excluding hydrogens is 543 g/mol. The van der Waals surface area contributed by atoms with Crippen molar-refractivity contribution in [1.82, 2.24) is 0 Å². The molecule has 1 unspecified atom stereocenters. The second kappa shape index (κ2) is 12.0. The van der Waals surface area contributed by atoms with Crippen LogP contribution in [0.3, 0.4) is 0 Å². The van der Waals surface area contributed by atoms with E-state index in [4.69, 9.17) is 0 Å². The molecule has 3 aromatic rings. The van der Waals surface area contributed by atoms with Crippen LogP contribution < -0.4 is 52.8 Å². The van der Waals surface area contributed by atoms with E-state index < -0.39 is 8.07 Å². The SMILES string of the molecule is CC1=C(C)C(C)([Si](c2ccccc2)(c2ccccc2)c2cc(C)c(C)c(C)c2)[C]([Ti+3])=C1C.[Cl-].[Cl-].[Cl-]. The second-order valence-electron chi connectivity index (χ2n) is 9.59. The standard InChI is InChI=1S/C30H33Si.3ClH.Ti/c1-21-18-29(19-22(2)24(21)4)31(27-14-10-8-11-15-27,28-16-12-9-13-17-28)30(7)20-23(3)25(5)26(30)6;;;;/h8-19H,1-7H3;3*1H;/q;;;;+3/p-3. The largest absolute Gasteiger partial charge is 1.00 e. The van der Waals surface area contributed by atoms with Crippen molar-refractivity contribution in [2.75, 3.05) is 0 Å². The minimum Gasteiger partial charge on any atom is -1.00 e. The van der Waals surface area contributed by atoms with E-state index in [2.05, 4.69) is 142 Å². The Kier molecular flexibility index (Phi) is 11.0. The Labute approximate surface area is 243 Å². The predicted octanol–water partition coefficient (Wildman–Crippen LogP) is -2.97. The van der Waals surface area contributed by atoms with Gasteiger partial charge in [0.25, 0.3) is 0 Å². The molecule has 0 spiro atoms. The summed E-state index contributed by atoms with van der Waals surface area (Å²) in [6, 6.07) is 27.8. The summed E-state index contributed by atoms with van der Waals surface area (Å²) in [5.74, 6) is 0. The summed E-state index contributed by atoms with van der Waals surface area (Å²) in [6.07, 6.45) is 0. The quantitative estimate of drug-likeness (QED) is 0.230. The average molecular weight is 576 g/mol. The first kappa shape index (κ1) is 32.0. The predicted molar refractivity (Wildman–Crippen MR) is 138 cm³/mol. The molecule has 0 fully saturated rings. The van der Waals surface area contributed by atoms with Crippen molar-refractivity contribution in [3.63, 3.8) is 0 Å². The van der Waals surface area contributed by atoms with Gasteiger partial charge in [-0.2, -0.15) is 0 Å². The topological polar surface area (TPSA) is 0 Å². The van der Waals surface area contributed by atoms with Crippen molar-refractivity contribution in [1.29, 1.82) is 0 Å². The summed E-state index contributed by atoms with van der Waals surface area (Å²) in [5, 5.41) is 4.44. The summed E-state index contributed by atoms with van der Waals surface area (Å²) in [7, 11) is -2.53. The molecule has 0 saturated heterocycles. The van der Waals surface area contributed by atoms with Crippen LogP contribution in [0.4, 0.5) is 0 Å². The molecule has 35 heavy (non-hydrogen) atoms. The molecule has 0 saturated carbocycles. The van der Waals surface area contributed by atoms with E-state index in [0.717, 1.165) is 0 Å². The number of hydrogen-bond acceptors (Lipinski definition) is 0. The summed E-state index contributed by atoms with van der Waals surface area (Å²) in [4.78, 5) is 0. The molecule has 0 N–H and O–H groups in total. The normalized spacial score (nSPS) is 17.5. The van der Waals surface area contributed by atoms with Gasteiger partial charge in [-0.05, 0) is 0 Å². The Morgan fingerprint density at radius 1 is 0.600 bits per heavy atom. The Balaban J connectivity index is 0.00000204. The molecule has 5 heteroatoms. The van der Waals surface area contributed by atoms with Crippen molar-refractivity contribution >= 4 is 23.6 Å². The smallest absolute Gasteiger partial charge is 1.00 e. The van der Waals surface area contributed by atoms with E-state index >= 15 is 0 Å². The van der Waals surface area contributed by atoms with Crippen molar-refractivity contribution in [2.24, 2.45) is 0 Å². The molecule has 0 amide bonds. The number of rotatable bonds is 4. The molecule has 0 nitrogen and oxygen atoms in total. The monoisotopic (exact) mass is 574 g/mol. The van der Waals surface area contributed by atoms with Gasteiger partial charge in [0.2, 0.25) is 0 Å². The summed E-state index contributed by atoms with van der Waals surface area (Å²) < 4.78 is 1.53. The van der Waals surface area contributed by atoms with Gasteiger partial charge in [0.05, 0.1) is 0 Å². The molecular formula is C30H33Cl3SiTi. The van der Waals surface area contributed by atoms with Crippen LogP contribution in [0.25, 0.3) is 0 Å². The molecule has 4 rings (SSSR count). The molecule has 0 heterocycles. The Bertz CT molecular complexity index is 1160. The van der Waals surface area contributed by atoms with Crippen LogP contribution in [0.2, 0.25) is 5.04 Å². The van der Waals surface area contributed by atoms with Gasteiger partial charge in [0.15, 0.2) is 0 Å². The van der Waals surface area contributed by atoms with Crippen LogP contribution in [0.15, 0.2) is 93.4 Å². The van der Waals surface area contributed by atoms with Gasteiger partial charge in [-0.25, -0.2) is 0 Å². The van der Waals surface area contributed by atoms with Gasteiger partial charge in [0.1, 0.15) is 0 Å². The fourth-order valence-electron chi connectivity index (χ4n) is 5.87. The fourth-order valence-corrected chi connectivity index (χ4v) is 13.6. The Morgan fingerprint density at radius 3 is 1.34 bits per heavy atom. The van der Waals surface area contributed by atoms with Gasteiger partial charge >= 0.3 is 208 Å². The molecule has 0 aromatic heterocycles. The molecule has 3 aromatic carbocycles. The van der Waals surface area contributed by atoms with E-state index in [-0.39, 0.29) is 42.3 Å². The van der Waals surface area contributed by atoms with Crippen LogP contribution in [0.5, 0.6) is 0 Å². The van der Waals surface area contributed by atoms with Gasteiger partial charge in [-0.1, -0.05) is 0 Å². The average Bonchev–Trinajstić information content (AvgIpc) is 2.95. The maximum atomic E-state index is 2.54. The first-order valence-corrected chi connectivity index (χ1v) is 14.3.